The maximum atomic E-state index is 11.7. The number of nitrogens with one attached hydrogen (secondary N) is 1. The quantitative estimate of drug-likeness (QED) is 0.802. The number of nitrogens with zero attached hydrogens (tertiary/aromatic N) is 1. The maximum Gasteiger partial charge on any atom is 0.237 e. The van der Waals surface area contributed by atoms with Crippen LogP contribution in [0.4, 0.5) is 0 Å². The molecule has 1 aromatic rings. The third kappa shape index (κ3) is 4.35. The van der Waals surface area contributed by atoms with Gasteiger partial charge >= 0.3 is 0 Å². The zero-order chi connectivity index (χ0) is 13.5. The minimum absolute atomic E-state index is 0.0840. The number of rotatable bonds is 6. The summed E-state index contributed by atoms with van der Waals surface area (Å²) in [5.74, 6) is 0.0840. The standard InChI is InChI=1S/C14H22N2OS/c1-5-15-14(17)11(2)16(3)10-12-6-8-13(18-4)9-7-12/h6-9,11H,5,10H2,1-4H3,(H,15,17)/t11-/m1/s1. The molecule has 1 rings (SSSR count). The molecule has 100 valence electrons. The third-order valence-corrected chi connectivity index (χ3v) is 3.73. The molecule has 0 aromatic heterocycles. The van der Waals surface area contributed by atoms with Crippen LogP contribution in [0.5, 0.6) is 0 Å². The van der Waals surface area contributed by atoms with Crippen molar-refractivity contribution in [2.75, 3.05) is 19.8 Å². The molecule has 0 unspecified atom stereocenters. The van der Waals surface area contributed by atoms with Crippen molar-refractivity contribution in [1.29, 1.82) is 0 Å². The summed E-state index contributed by atoms with van der Waals surface area (Å²) in [7, 11) is 1.97. The molecule has 0 radical (unpaired) electrons. The van der Waals surface area contributed by atoms with Crippen molar-refractivity contribution in [1.82, 2.24) is 10.2 Å². The summed E-state index contributed by atoms with van der Waals surface area (Å²) >= 11 is 1.74. The van der Waals surface area contributed by atoms with Crippen LogP contribution in [0, 0.1) is 0 Å². The van der Waals surface area contributed by atoms with Gasteiger partial charge in [0.2, 0.25) is 5.91 Å². The van der Waals surface area contributed by atoms with E-state index in [0.29, 0.717) is 6.54 Å². The molecule has 0 bridgehead atoms. The van der Waals surface area contributed by atoms with Crippen molar-refractivity contribution in [3.63, 3.8) is 0 Å². The highest BCUT2D eigenvalue weighted by atomic mass is 32.2. The van der Waals surface area contributed by atoms with Crippen molar-refractivity contribution < 1.29 is 4.79 Å². The first-order chi connectivity index (χ1) is 8.58. The Balaban J connectivity index is 2.57. The normalized spacial score (nSPS) is 12.5. The van der Waals surface area contributed by atoms with Gasteiger partial charge in [-0.3, -0.25) is 9.69 Å². The van der Waals surface area contributed by atoms with Crippen molar-refractivity contribution in [3.05, 3.63) is 29.8 Å². The van der Waals surface area contributed by atoms with E-state index in [1.807, 2.05) is 20.9 Å². The molecule has 0 fully saturated rings. The van der Waals surface area contributed by atoms with Crippen LogP contribution >= 0.6 is 11.8 Å². The Hall–Kier alpha value is -1.00. The Morgan fingerprint density at radius 1 is 1.39 bits per heavy atom. The molecular formula is C14H22N2OS. The first-order valence-electron chi connectivity index (χ1n) is 6.19. The Morgan fingerprint density at radius 3 is 2.50 bits per heavy atom. The summed E-state index contributed by atoms with van der Waals surface area (Å²) in [6.07, 6.45) is 2.07. The van der Waals surface area contributed by atoms with Gasteiger partial charge in [0.15, 0.2) is 0 Å². The first-order valence-corrected chi connectivity index (χ1v) is 7.41. The highest BCUT2D eigenvalue weighted by Gasteiger charge is 2.16. The average molecular weight is 266 g/mol. The fourth-order valence-electron chi connectivity index (χ4n) is 1.68. The number of likely N-dealkylation sites (N-methyl/N-ethyl adjacent to an activating group) is 2. The lowest BCUT2D eigenvalue weighted by Gasteiger charge is -2.23. The summed E-state index contributed by atoms with van der Waals surface area (Å²) in [6, 6.07) is 8.36. The van der Waals surface area contributed by atoms with Crippen LogP contribution in [0.25, 0.3) is 0 Å². The first kappa shape index (κ1) is 15.1. The van der Waals surface area contributed by atoms with Gasteiger partial charge in [-0.05, 0) is 44.8 Å². The Labute approximate surface area is 114 Å². The number of hydrogen-bond acceptors (Lipinski definition) is 3. The van der Waals surface area contributed by atoms with Crippen molar-refractivity contribution in [2.24, 2.45) is 0 Å². The number of thioether (sulfide) groups is 1. The van der Waals surface area contributed by atoms with Gasteiger partial charge in [0, 0.05) is 18.0 Å². The van der Waals surface area contributed by atoms with E-state index in [4.69, 9.17) is 0 Å². The van der Waals surface area contributed by atoms with Crippen LogP contribution in [-0.4, -0.2) is 36.7 Å². The smallest absolute Gasteiger partial charge is 0.237 e. The molecule has 0 heterocycles. The number of carbonyl (C=O) groups is 1. The van der Waals surface area contributed by atoms with E-state index < -0.39 is 0 Å². The second-order valence-corrected chi connectivity index (χ2v) is 5.21. The molecule has 0 aliphatic heterocycles. The van der Waals surface area contributed by atoms with Gasteiger partial charge in [0.1, 0.15) is 0 Å². The minimum atomic E-state index is -0.106. The predicted octanol–water partition coefficient (Wildman–Crippen LogP) is 2.36. The third-order valence-electron chi connectivity index (χ3n) is 2.98. The van der Waals surface area contributed by atoms with Gasteiger partial charge in [-0.15, -0.1) is 11.8 Å². The maximum absolute atomic E-state index is 11.7. The van der Waals surface area contributed by atoms with Crippen molar-refractivity contribution in [2.45, 2.75) is 31.3 Å². The Bertz CT molecular complexity index is 378. The Kier molecular flexibility index (Phi) is 6.22. The highest BCUT2D eigenvalue weighted by Crippen LogP contribution is 2.16. The van der Waals surface area contributed by atoms with E-state index in [1.165, 1.54) is 10.5 Å². The fraction of sp³-hybridized carbons (Fsp3) is 0.500. The van der Waals surface area contributed by atoms with Crippen LogP contribution in [0.1, 0.15) is 19.4 Å². The SMILES string of the molecule is CCNC(=O)[C@@H](C)N(C)Cc1ccc(SC)cc1. The van der Waals surface area contributed by atoms with Gasteiger partial charge in [-0.2, -0.15) is 0 Å². The zero-order valence-corrected chi connectivity index (χ0v) is 12.4. The number of hydrogen-bond donors (Lipinski definition) is 1. The summed E-state index contributed by atoms with van der Waals surface area (Å²) in [5.41, 5.74) is 1.23. The summed E-state index contributed by atoms with van der Waals surface area (Å²) in [4.78, 5) is 15.0. The van der Waals surface area contributed by atoms with Gasteiger partial charge in [0.25, 0.3) is 0 Å². The van der Waals surface area contributed by atoms with Gasteiger partial charge in [-0.1, -0.05) is 12.1 Å². The topological polar surface area (TPSA) is 32.3 Å². The second-order valence-electron chi connectivity index (χ2n) is 4.33. The van der Waals surface area contributed by atoms with E-state index in [9.17, 15) is 4.79 Å². The summed E-state index contributed by atoms with van der Waals surface area (Å²) in [6.45, 7) is 5.33. The monoisotopic (exact) mass is 266 g/mol. The van der Waals surface area contributed by atoms with Crippen molar-refractivity contribution >= 4 is 17.7 Å². The molecule has 0 saturated heterocycles. The molecule has 0 aliphatic carbocycles. The lowest BCUT2D eigenvalue weighted by molar-refractivity contribution is -0.125. The highest BCUT2D eigenvalue weighted by molar-refractivity contribution is 7.98. The molecule has 4 heteroatoms. The summed E-state index contributed by atoms with van der Waals surface area (Å²) in [5, 5.41) is 2.85. The predicted molar refractivity (Wildman–Crippen MR) is 77.8 cm³/mol. The average Bonchev–Trinajstić information content (AvgIpc) is 2.39. The molecule has 1 aromatic carbocycles. The number of carbonyl (C=O) groups excluding carboxylic acids is 1. The van der Waals surface area contributed by atoms with E-state index in [-0.39, 0.29) is 11.9 Å². The molecule has 3 nitrogen and oxygen atoms in total. The molecule has 0 aliphatic rings. The fourth-order valence-corrected chi connectivity index (χ4v) is 2.09. The van der Waals surface area contributed by atoms with Crippen LogP contribution < -0.4 is 5.32 Å². The molecule has 0 saturated carbocycles. The van der Waals surface area contributed by atoms with Gasteiger partial charge in [0.05, 0.1) is 6.04 Å². The van der Waals surface area contributed by atoms with Gasteiger partial charge < -0.3 is 5.32 Å². The second kappa shape index (κ2) is 7.44. The lowest BCUT2D eigenvalue weighted by atomic mass is 10.2. The van der Waals surface area contributed by atoms with Crippen molar-refractivity contribution in [3.8, 4) is 0 Å². The molecular weight excluding hydrogens is 244 g/mol. The molecule has 1 atom stereocenters. The van der Waals surface area contributed by atoms with E-state index in [1.54, 1.807) is 11.8 Å². The Morgan fingerprint density at radius 2 is 2.00 bits per heavy atom. The minimum Gasteiger partial charge on any atom is -0.355 e. The van der Waals surface area contributed by atoms with E-state index in [0.717, 1.165) is 6.54 Å². The number of amides is 1. The van der Waals surface area contributed by atoms with Crippen LogP contribution in [-0.2, 0) is 11.3 Å². The zero-order valence-electron chi connectivity index (χ0n) is 11.6. The number of benzene rings is 1. The van der Waals surface area contributed by atoms with Crippen LogP contribution in [0.15, 0.2) is 29.2 Å². The largest absolute Gasteiger partial charge is 0.355 e. The molecule has 0 spiro atoms. The van der Waals surface area contributed by atoms with E-state index >= 15 is 0 Å². The lowest BCUT2D eigenvalue weighted by Crippen LogP contribution is -2.42. The molecule has 1 N–H and O–H groups in total. The van der Waals surface area contributed by atoms with Crippen LogP contribution in [0.3, 0.4) is 0 Å². The van der Waals surface area contributed by atoms with Gasteiger partial charge in [-0.25, -0.2) is 0 Å². The molecule has 1 amide bonds. The summed E-state index contributed by atoms with van der Waals surface area (Å²) < 4.78 is 0. The van der Waals surface area contributed by atoms with Crippen LogP contribution in [0.2, 0.25) is 0 Å². The van der Waals surface area contributed by atoms with E-state index in [2.05, 4.69) is 40.7 Å². The molecule has 18 heavy (non-hydrogen) atoms.